The van der Waals surface area contributed by atoms with Gasteiger partial charge in [0.2, 0.25) is 5.91 Å². The summed E-state index contributed by atoms with van der Waals surface area (Å²) in [6.07, 6.45) is 7.26. The smallest absolute Gasteiger partial charge is 0.223 e. The molecular formula is C19H30N6O. The summed E-state index contributed by atoms with van der Waals surface area (Å²) in [6.45, 7) is 7.94. The zero-order chi connectivity index (χ0) is 18.7. The lowest BCUT2D eigenvalue weighted by molar-refractivity contribution is -0.135. The van der Waals surface area contributed by atoms with Crippen molar-refractivity contribution < 1.29 is 4.79 Å². The molecule has 2 aromatic rings. The van der Waals surface area contributed by atoms with Gasteiger partial charge < -0.3 is 9.47 Å². The van der Waals surface area contributed by atoms with Gasteiger partial charge >= 0.3 is 0 Å². The van der Waals surface area contributed by atoms with E-state index >= 15 is 0 Å². The van der Waals surface area contributed by atoms with Crippen LogP contribution in [-0.2, 0) is 24.8 Å². The molecule has 0 aliphatic carbocycles. The van der Waals surface area contributed by atoms with Crippen molar-refractivity contribution in [2.75, 3.05) is 6.54 Å². The molecule has 1 aliphatic rings. The highest BCUT2D eigenvalue weighted by atomic mass is 16.2. The van der Waals surface area contributed by atoms with E-state index in [0.29, 0.717) is 6.42 Å². The van der Waals surface area contributed by atoms with E-state index in [-0.39, 0.29) is 11.9 Å². The molecule has 0 bridgehead atoms. The molecule has 1 atom stereocenters. The van der Waals surface area contributed by atoms with Gasteiger partial charge in [0.1, 0.15) is 6.33 Å². The van der Waals surface area contributed by atoms with E-state index in [4.69, 9.17) is 0 Å². The fraction of sp³-hybridized carbons (Fsp3) is 0.684. The van der Waals surface area contributed by atoms with Crippen LogP contribution in [-0.4, -0.2) is 41.9 Å². The summed E-state index contributed by atoms with van der Waals surface area (Å²) in [5.41, 5.74) is 3.37. The van der Waals surface area contributed by atoms with Crippen LogP contribution in [0.1, 0.15) is 67.8 Å². The molecule has 1 saturated heterocycles. The third-order valence-corrected chi connectivity index (χ3v) is 5.48. The summed E-state index contributed by atoms with van der Waals surface area (Å²) in [4.78, 5) is 15.0. The van der Waals surface area contributed by atoms with Gasteiger partial charge in [0.15, 0.2) is 5.82 Å². The predicted molar refractivity (Wildman–Crippen MR) is 99.6 cm³/mol. The molecular weight excluding hydrogens is 328 g/mol. The Balaban J connectivity index is 1.72. The molecule has 0 aromatic carbocycles. The van der Waals surface area contributed by atoms with Crippen molar-refractivity contribution in [3.05, 3.63) is 29.1 Å². The normalized spacial score (nSPS) is 17.7. The van der Waals surface area contributed by atoms with Crippen molar-refractivity contribution in [2.24, 2.45) is 7.05 Å². The van der Waals surface area contributed by atoms with Crippen LogP contribution in [0.25, 0.3) is 0 Å². The Morgan fingerprint density at radius 3 is 2.81 bits per heavy atom. The van der Waals surface area contributed by atoms with E-state index in [1.165, 1.54) is 5.56 Å². The second kappa shape index (κ2) is 8.01. The van der Waals surface area contributed by atoms with Crippen LogP contribution in [0.4, 0.5) is 0 Å². The Bertz CT molecular complexity index is 762. The third kappa shape index (κ3) is 3.66. The quantitative estimate of drug-likeness (QED) is 0.796. The first-order valence-electron chi connectivity index (χ1n) is 9.69. The molecule has 142 valence electrons. The molecule has 26 heavy (non-hydrogen) atoms. The molecule has 3 heterocycles. The van der Waals surface area contributed by atoms with Crippen LogP contribution >= 0.6 is 0 Å². The number of carbonyl (C=O) groups is 1. The van der Waals surface area contributed by atoms with Crippen LogP contribution in [0.5, 0.6) is 0 Å². The first-order valence-corrected chi connectivity index (χ1v) is 9.69. The summed E-state index contributed by atoms with van der Waals surface area (Å²) >= 11 is 0. The molecule has 7 nitrogen and oxygen atoms in total. The Kier molecular flexibility index (Phi) is 5.74. The highest BCUT2D eigenvalue weighted by molar-refractivity contribution is 5.77. The highest BCUT2D eigenvalue weighted by Crippen LogP contribution is 2.30. The zero-order valence-electron chi connectivity index (χ0n) is 16.4. The second-order valence-corrected chi connectivity index (χ2v) is 7.25. The zero-order valence-corrected chi connectivity index (χ0v) is 16.4. The first-order chi connectivity index (χ1) is 12.5. The topological polar surface area (TPSA) is 68.8 Å². The number of likely N-dealkylation sites (tertiary alicyclic amines) is 1. The molecule has 7 heteroatoms. The van der Waals surface area contributed by atoms with Crippen molar-refractivity contribution in [3.63, 3.8) is 0 Å². The molecule has 0 spiro atoms. The van der Waals surface area contributed by atoms with Crippen molar-refractivity contribution in [1.29, 1.82) is 0 Å². The first kappa shape index (κ1) is 18.6. The number of piperidine rings is 1. The maximum Gasteiger partial charge on any atom is 0.223 e. The summed E-state index contributed by atoms with van der Waals surface area (Å²) in [5, 5.41) is 12.9. The number of carbonyl (C=O) groups excluding carboxylic acids is 1. The number of nitrogens with zero attached hydrogens (tertiary/aromatic N) is 6. The number of rotatable bonds is 6. The maximum atomic E-state index is 13.0. The van der Waals surface area contributed by atoms with Crippen molar-refractivity contribution >= 4 is 5.91 Å². The van der Waals surface area contributed by atoms with Crippen molar-refractivity contribution in [2.45, 2.75) is 71.9 Å². The molecule has 3 rings (SSSR count). The Labute approximate surface area is 155 Å². The molecule has 2 aromatic heterocycles. The summed E-state index contributed by atoms with van der Waals surface area (Å²) in [7, 11) is 1.95. The van der Waals surface area contributed by atoms with Gasteiger partial charge in [0.25, 0.3) is 0 Å². The van der Waals surface area contributed by atoms with Crippen LogP contribution in [0.2, 0.25) is 0 Å². The number of amides is 1. The summed E-state index contributed by atoms with van der Waals surface area (Å²) < 4.78 is 4.00. The number of hydrogen-bond acceptors (Lipinski definition) is 4. The monoisotopic (exact) mass is 358 g/mol. The number of aryl methyl sites for hydroxylation is 3. The van der Waals surface area contributed by atoms with Gasteiger partial charge in [-0.2, -0.15) is 5.10 Å². The molecule has 0 saturated carbocycles. The Hall–Kier alpha value is -2.18. The van der Waals surface area contributed by atoms with E-state index in [2.05, 4.69) is 33.7 Å². The van der Waals surface area contributed by atoms with E-state index in [1.54, 1.807) is 6.33 Å². The summed E-state index contributed by atoms with van der Waals surface area (Å²) in [6, 6.07) is 0.0568. The Morgan fingerprint density at radius 1 is 1.31 bits per heavy atom. The minimum Gasteiger partial charge on any atom is -0.332 e. The molecule has 0 radical (unpaired) electrons. The van der Waals surface area contributed by atoms with E-state index < -0.39 is 0 Å². The van der Waals surface area contributed by atoms with Crippen LogP contribution in [0, 0.1) is 13.8 Å². The average Bonchev–Trinajstić information content (AvgIpc) is 3.18. The standard InChI is InChI=1S/C19H30N6O/c1-5-11-24-13-20-21-19(24)17-8-6-7-12-25(17)18(26)10-9-16-14(2)22-23(4)15(16)3/h13,17H,5-12H2,1-4H3/t17-/m1/s1. The van der Waals surface area contributed by atoms with Gasteiger partial charge in [-0.25, -0.2) is 0 Å². The van der Waals surface area contributed by atoms with E-state index in [9.17, 15) is 4.79 Å². The van der Waals surface area contributed by atoms with Crippen LogP contribution in [0.3, 0.4) is 0 Å². The van der Waals surface area contributed by atoms with Gasteiger partial charge in [0, 0.05) is 32.3 Å². The predicted octanol–water partition coefficient (Wildman–Crippen LogP) is 2.72. The van der Waals surface area contributed by atoms with Gasteiger partial charge in [-0.05, 0) is 51.5 Å². The average molecular weight is 358 g/mol. The van der Waals surface area contributed by atoms with E-state index in [1.807, 2.05) is 23.6 Å². The minimum absolute atomic E-state index is 0.0568. The fourth-order valence-corrected chi connectivity index (χ4v) is 3.99. The fourth-order valence-electron chi connectivity index (χ4n) is 3.99. The van der Waals surface area contributed by atoms with Gasteiger partial charge in [-0.15, -0.1) is 10.2 Å². The molecule has 1 fully saturated rings. The van der Waals surface area contributed by atoms with Crippen molar-refractivity contribution in [1.82, 2.24) is 29.4 Å². The molecule has 1 amide bonds. The van der Waals surface area contributed by atoms with Crippen LogP contribution < -0.4 is 0 Å². The number of aromatic nitrogens is 5. The van der Waals surface area contributed by atoms with E-state index in [0.717, 1.165) is 62.4 Å². The SMILES string of the molecule is CCCn1cnnc1[C@H]1CCCCN1C(=O)CCc1c(C)nn(C)c1C. The lowest BCUT2D eigenvalue weighted by atomic mass is 9.99. The number of hydrogen-bond donors (Lipinski definition) is 0. The minimum atomic E-state index is 0.0568. The highest BCUT2D eigenvalue weighted by Gasteiger charge is 2.31. The third-order valence-electron chi connectivity index (χ3n) is 5.48. The Morgan fingerprint density at radius 2 is 2.12 bits per heavy atom. The van der Waals surface area contributed by atoms with Gasteiger partial charge in [-0.3, -0.25) is 9.48 Å². The molecule has 1 aliphatic heterocycles. The van der Waals surface area contributed by atoms with Crippen LogP contribution in [0.15, 0.2) is 6.33 Å². The lowest BCUT2D eigenvalue weighted by Crippen LogP contribution is -2.39. The van der Waals surface area contributed by atoms with Gasteiger partial charge in [0.05, 0.1) is 11.7 Å². The maximum absolute atomic E-state index is 13.0. The van der Waals surface area contributed by atoms with Gasteiger partial charge in [-0.1, -0.05) is 6.92 Å². The summed E-state index contributed by atoms with van der Waals surface area (Å²) in [5.74, 6) is 1.15. The molecule has 0 N–H and O–H groups in total. The largest absolute Gasteiger partial charge is 0.332 e. The van der Waals surface area contributed by atoms with Crippen molar-refractivity contribution in [3.8, 4) is 0 Å². The lowest BCUT2D eigenvalue weighted by Gasteiger charge is -2.35. The molecule has 0 unspecified atom stereocenters. The second-order valence-electron chi connectivity index (χ2n) is 7.25.